The highest BCUT2D eigenvalue weighted by Crippen LogP contribution is 2.31. The van der Waals surface area contributed by atoms with Crippen molar-refractivity contribution in [2.75, 3.05) is 36.4 Å². The van der Waals surface area contributed by atoms with Crippen molar-refractivity contribution in [3.05, 3.63) is 94.1 Å². The van der Waals surface area contributed by atoms with E-state index in [2.05, 4.69) is 46.4 Å². The monoisotopic (exact) mass is 486 g/mol. The Kier molecular flexibility index (Phi) is 6.22. The van der Waals surface area contributed by atoms with Gasteiger partial charge in [-0.2, -0.15) is 0 Å². The van der Waals surface area contributed by atoms with Crippen LogP contribution in [0.25, 0.3) is 10.9 Å². The van der Waals surface area contributed by atoms with Crippen LogP contribution in [0.2, 0.25) is 5.02 Å². The Balaban J connectivity index is 1.41. The normalized spacial score (nSPS) is 13.8. The quantitative estimate of drug-likeness (QED) is 0.391. The topological polar surface area (TPSA) is 68.4 Å². The van der Waals surface area contributed by atoms with Crippen LogP contribution < -0.4 is 10.2 Å². The van der Waals surface area contributed by atoms with Crippen LogP contribution in [0.1, 0.15) is 32.0 Å². The summed E-state index contributed by atoms with van der Waals surface area (Å²) in [7, 11) is 0. The number of hydrogen-bond donors (Lipinski definition) is 2. The van der Waals surface area contributed by atoms with Crippen LogP contribution >= 0.6 is 11.6 Å². The third-order valence-electron chi connectivity index (χ3n) is 6.45. The molecule has 1 aliphatic rings. The number of halogens is 1. The van der Waals surface area contributed by atoms with Gasteiger partial charge in [-0.25, -0.2) is 0 Å². The molecule has 0 unspecified atom stereocenters. The number of benzene rings is 3. The summed E-state index contributed by atoms with van der Waals surface area (Å²) in [5, 5.41) is 4.36. The van der Waals surface area contributed by atoms with Gasteiger partial charge in [0.25, 0.3) is 11.8 Å². The Hall–Kier alpha value is -3.77. The molecule has 4 aromatic rings. The molecule has 1 aliphatic heterocycles. The van der Waals surface area contributed by atoms with E-state index in [1.807, 2.05) is 30.0 Å². The van der Waals surface area contributed by atoms with E-state index in [1.165, 1.54) is 11.3 Å². The van der Waals surface area contributed by atoms with Crippen molar-refractivity contribution in [3.8, 4) is 0 Å². The summed E-state index contributed by atoms with van der Waals surface area (Å²) in [4.78, 5) is 34.1. The van der Waals surface area contributed by atoms with E-state index >= 15 is 0 Å². The number of piperazine rings is 1. The molecule has 0 bridgehead atoms. The first-order chi connectivity index (χ1) is 16.9. The third kappa shape index (κ3) is 4.75. The highest BCUT2D eigenvalue weighted by Gasteiger charge is 2.27. The molecule has 0 aliphatic carbocycles. The molecule has 2 N–H and O–H groups in total. The van der Waals surface area contributed by atoms with Crippen LogP contribution in [0.4, 0.5) is 11.4 Å². The maximum Gasteiger partial charge on any atom is 0.272 e. The third-order valence-corrected chi connectivity index (χ3v) is 6.70. The lowest BCUT2D eigenvalue weighted by Gasteiger charge is -2.36. The van der Waals surface area contributed by atoms with E-state index in [-0.39, 0.29) is 11.8 Å². The second-order valence-corrected chi connectivity index (χ2v) is 9.44. The van der Waals surface area contributed by atoms with Crippen molar-refractivity contribution in [1.29, 1.82) is 0 Å². The molecular weight excluding hydrogens is 460 g/mol. The van der Waals surface area contributed by atoms with Gasteiger partial charge in [0, 0.05) is 53.4 Å². The van der Waals surface area contributed by atoms with E-state index in [4.69, 9.17) is 11.6 Å². The molecule has 1 aromatic heterocycles. The standard InChI is InChI=1S/C28H27ClN4O2/c1-18-4-3-5-22(16-18)32-12-14-33(15-13-32)28(35)26-25(23-17-19(2)6-11-24(23)30-26)31-27(34)20-7-9-21(29)10-8-20/h3-11,16-17,30H,12-15H2,1-2H3,(H,31,34). The summed E-state index contributed by atoms with van der Waals surface area (Å²) in [6.45, 7) is 6.78. The van der Waals surface area contributed by atoms with E-state index in [0.717, 1.165) is 29.6 Å². The van der Waals surface area contributed by atoms with Crippen LogP contribution in [0.5, 0.6) is 0 Å². The summed E-state index contributed by atoms with van der Waals surface area (Å²) >= 11 is 5.97. The lowest BCUT2D eigenvalue weighted by molar-refractivity contribution is 0.0743. The number of fused-ring (bicyclic) bond motifs is 1. The Labute approximate surface area is 209 Å². The molecule has 5 rings (SSSR count). The maximum absolute atomic E-state index is 13.6. The van der Waals surface area contributed by atoms with E-state index in [1.54, 1.807) is 24.3 Å². The SMILES string of the molecule is Cc1cccc(N2CCN(C(=O)c3[nH]c4ccc(C)cc4c3NC(=O)c3ccc(Cl)cc3)CC2)c1. The van der Waals surface area contributed by atoms with Crippen molar-refractivity contribution >= 4 is 45.7 Å². The number of H-pyrrole nitrogens is 1. The van der Waals surface area contributed by atoms with Gasteiger partial charge in [0.15, 0.2) is 0 Å². The van der Waals surface area contributed by atoms with Crippen LogP contribution in [0, 0.1) is 13.8 Å². The lowest BCUT2D eigenvalue weighted by atomic mass is 10.1. The minimum atomic E-state index is -0.289. The predicted octanol–water partition coefficient (Wildman–Crippen LogP) is 5.65. The number of aromatic amines is 1. The molecular formula is C28H27ClN4O2. The second kappa shape index (κ2) is 9.47. The molecule has 0 spiro atoms. The largest absolute Gasteiger partial charge is 0.368 e. The highest BCUT2D eigenvalue weighted by atomic mass is 35.5. The van der Waals surface area contributed by atoms with Gasteiger partial charge in [-0.1, -0.05) is 35.4 Å². The number of carbonyl (C=O) groups excluding carboxylic acids is 2. The van der Waals surface area contributed by atoms with Gasteiger partial charge in [0.1, 0.15) is 5.69 Å². The Morgan fingerprint density at radius 3 is 2.31 bits per heavy atom. The number of nitrogens with one attached hydrogen (secondary N) is 2. The van der Waals surface area contributed by atoms with Crippen LogP contribution in [-0.4, -0.2) is 47.9 Å². The fourth-order valence-electron chi connectivity index (χ4n) is 4.53. The molecule has 178 valence electrons. The summed E-state index contributed by atoms with van der Waals surface area (Å²) < 4.78 is 0. The number of amides is 2. The van der Waals surface area contributed by atoms with Gasteiger partial charge in [0.2, 0.25) is 0 Å². The average molecular weight is 487 g/mol. The minimum absolute atomic E-state index is 0.117. The molecule has 2 amide bonds. The van der Waals surface area contributed by atoms with Gasteiger partial charge < -0.3 is 20.1 Å². The fourth-order valence-corrected chi connectivity index (χ4v) is 4.66. The number of rotatable bonds is 4. The van der Waals surface area contributed by atoms with Crippen molar-refractivity contribution in [2.24, 2.45) is 0 Å². The predicted molar refractivity (Wildman–Crippen MR) is 142 cm³/mol. The summed E-state index contributed by atoms with van der Waals surface area (Å²) in [6, 6.07) is 21.0. The second-order valence-electron chi connectivity index (χ2n) is 9.00. The number of carbonyl (C=O) groups is 2. The van der Waals surface area contributed by atoms with Crippen molar-refractivity contribution < 1.29 is 9.59 Å². The highest BCUT2D eigenvalue weighted by molar-refractivity contribution is 6.30. The molecule has 7 heteroatoms. The number of nitrogens with zero attached hydrogens (tertiary/aromatic N) is 2. The minimum Gasteiger partial charge on any atom is -0.368 e. The number of aryl methyl sites for hydroxylation is 2. The van der Waals surface area contributed by atoms with Gasteiger partial charge in [-0.3, -0.25) is 9.59 Å². The molecule has 35 heavy (non-hydrogen) atoms. The Bertz CT molecular complexity index is 1400. The number of anilines is 2. The molecule has 0 atom stereocenters. The van der Waals surface area contributed by atoms with Crippen LogP contribution in [0.3, 0.4) is 0 Å². The number of hydrogen-bond acceptors (Lipinski definition) is 3. The van der Waals surface area contributed by atoms with Crippen molar-refractivity contribution in [2.45, 2.75) is 13.8 Å². The van der Waals surface area contributed by atoms with Crippen LogP contribution in [-0.2, 0) is 0 Å². The number of aromatic nitrogens is 1. The first-order valence-electron chi connectivity index (χ1n) is 11.7. The molecule has 1 fully saturated rings. The zero-order valence-corrected chi connectivity index (χ0v) is 20.5. The van der Waals surface area contributed by atoms with Crippen molar-refractivity contribution in [3.63, 3.8) is 0 Å². The fraction of sp³-hybridized carbons (Fsp3) is 0.214. The smallest absolute Gasteiger partial charge is 0.272 e. The van der Waals surface area contributed by atoms with Crippen molar-refractivity contribution in [1.82, 2.24) is 9.88 Å². The first kappa shape index (κ1) is 23.0. The van der Waals surface area contributed by atoms with Gasteiger partial charge in [-0.05, 0) is 67.9 Å². The van der Waals surface area contributed by atoms with Gasteiger partial charge in [-0.15, -0.1) is 0 Å². The van der Waals surface area contributed by atoms with E-state index < -0.39 is 0 Å². The maximum atomic E-state index is 13.6. The van der Waals surface area contributed by atoms with Gasteiger partial charge >= 0.3 is 0 Å². The Morgan fingerprint density at radius 1 is 0.886 bits per heavy atom. The summed E-state index contributed by atoms with van der Waals surface area (Å²) in [6.07, 6.45) is 0. The van der Waals surface area contributed by atoms with E-state index in [9.17, 15) is 9.59 Å². The molecule has 1 saturated heterocycles. The lowest BCUT2D eigenvalue weighted by Crippen LogP contribution is -2.49. The summed E-state index contributed by atoms with van der Waals surface area (Å²) in [5.74, 6) is -0.406. The average Bonchev–Trinajstić information content (AvgIpc) is 3.21. The molecule has 6 nitrogen and oxygen atoms in total. The molecule has 0 radical (unpaired) electrons. The van der Waals surface area contributed by atoms with E-state index in [0.29, 0.717) is 35.1 Å². The van der Waals surface area contributed by atoms with Gasteiger partial charge in [0.05, 0.1) is 5.69 Å². The molecule has 0 saturated carbocycles. The molecule has 3 aromatic carbocycles. The summed E-state index contributed by atoms with van der Waals surface area (Å²) in [5.41, 5.74) is 5.63. The molecule has 2 heterocycles. The zero-order valence-electron chi connectivity index (χ0n) is 19.8. The van der Waals surface area contributed by atoms with Crippen LogP contribution in [0.15, 0.2) is 66.7 Å². The zero-order chi connectivity index (χ0) is 24.5. The Morgan fingerprint density at radius 2 is 1.60 bits per heavy atom. The first-order valence-corrected chi connectivity index (χ1v) is 12.1.